The Morgan fingerprint density at radius 2 is 1.78 bits per heavy atom. The summed E-state index contributed by atoms with van der Waals surface area (Å²) in [4.78, 5) is 16.8. The summed E-state index contributed by atoms with van der Waals surface area (Å²) >= 11 is 1.77. The highest BCUT2D eigenvalue weighted by molar-refractivity contribution is 7.98. The van der Waals surface area contributed by atoms with E-state index in [0.717, 1.165) is 31.7 Å². The lowest BCUT2D eigenvalue weighted by Gasteiger charge is -2.34. The number of nitrogens with one attached hydrogen (secondary N) is 1. The van der Waals surface area contributed by atoms with E-state index in [1.165, 1.54) is 39.1 Å². The molecule has 0 saturated carbocycles. The van der Waals surface area contributed by atoms with Crippen LogP contribution in [0.5, 0.6) is 0 Å². The summed E-state index contributed by atoms with van der Waals surface area (Å²) in [6.45, 7) is 11.4. The van der Waals surface area contributed by atoms with Crippen LogP contribution in [0.25, 0.3) is 0 Å². The highest BCUT2D eigenvalue weighted by atomic mass is 32.2. The zero-order chi connectivity index (χ0) is 16.8. The molecular formula is C17H35N3O2S. The predicted octanol–water partition coefficient (Wildman–Crippen LogP) is 1.68. The second-order valence-electron chi connectivity index (χ2n) is 6.10. The van der Waals surface area contributed by atoms with Crippen LogP contribution < -0.4 is 5.32 Å². The van der Waals surface area contributed by atoms with Crippen molar-refractivity contribution in [3.05, 3.63) is 0 Å². The topological polar surface area (TPSA) is 44.8 Å². The minimum atomic E-state index is 0.159. The standard InChI is InChI=1S/C17H35N3O2S/c1-3-8-19-10-12-20(13-11-19)9-5-4-6-17(21)18-7-14-22-15-16-23-2/h3-16H2,1-2H3,(H,18,21). The predicted molar refractivity (Wildman–Crippen MR) is 99.2 cm³/mol. The van der Waals surface area contributed by atoms with Gasteiger partial charge in [-0.05, 0) is 38.6 Å². The molecule has 0 atom stereocenters. The summed E-state index contributed by atoms with van der Waals surface area (Å²) in [5, 5.41) is 2.93. The number of ether oxygens (including phenoxy) is 1. The molecule has 1 saturated heterocycles. The van der Waals surface area contributed by atoms with Gasteiger partial charge in [0, 0.05) is 44.9 Å². The molecule has 1 heterocycles. The van der Waals surface area contributed by atoms with Crippen LogP contribution in [0.2, 0.25) is 0 Å². The Kier molecular flexibility index (Phi) is 12.7. The molecule has 0 radical (unpaired) electrons. The Morgan fingerprint density at radius 1 is 1.09 bits per heavy atom. The minimum absolute atomic E-state index is 0.159. The first-order chi connectivity index (χ1) is 11.3. The van der Waals surface area contributed by atoms with Crippen LogP contribution in [0.3, 0.4) is 0 Å². The van der Waals surface area contributed by atoms with Crippen LogP contribution in [0.4, 0.5) is 0 Å². The van der Waals surface area contributed by atoms with Crippen molar-refractivity contribution in [2.45, 2.75) is 32.6 Å². The number of amides is 1. The summed E-state index contributed by atoms with van der Waals surface area (Å²) in [6, 6.07) is 0. The summed E-state index contributed by atoms with van der Waals surface area (Å²) < 4.78 is 5.41. The lowest BCUT2D eigenvalue weighted by molar-refractivity contribution is -0.121. The van der Waals surface area contributed by atoms with Crippen molar-refractivity contribution in [3.63, 3.8) is 0 Å². The maximum atomic E-state index is 11.7. The Hall–Kier alpha value is -0.300. The first-order valence-electron chi connectivity index (χ1n) is 9.04. The average molecular weight is 346 g/mol. The molecule has 5 nitrogen and oxygen atoms in total. The third-order valence-corrected chi connectivity index (χ3v) is 4.71. The third-order valence-electron chi connectivity index (χ3n) is 4.13. The largest absolute Gasteiger partial charge is 0.379 e. The lowest BCUT2D eigenvalue weighted by Crippen LogP contribution is -2.46. The number of nitrogens with zero attached hydrogens (tertiary/aromatic N) is 2. The van der Waals surface area contributed by atoms with Gasteiger partial charge in [-0.1, -0.05) is 6.92 Å². The molecule has 1 aliphatic rings. The summed E-state index contributed by atoms with van der Waals surface area (Å²) in [6.07, 6.45) is 6.05. The van der Waals surface area contributed by atoms with Crippen molar-refractivity contribution in [1.82, 2.24) is 15.1 Å². The molecule has 136 valence electrons. The zero-order valence-corrected chi connectivity index (χ0v) is 15.8. The fraction of sp³-hybridized carbons (Fsp3) is 0.941. The molecule has 23 heavy (non-hydrogen) atoms. The second-order valence-corrected chi connectivity index (χ2v) is 7.08. The quantitative estimate of drug-likeness (QED) is 0.515. The molecule has 0 unspecified atom stereocenters. The highest BCUT2D eigenvalue weighted by Crippen LogP contribution is 2.05. The van der Waals surface area contributed by atoms with E-state index in [1.807, 2.05) is 0 Å². The monoisotopic (exact) mass is 345 g/mol. The fourth-order valence-corrected chi connectivity index (χ4v) is 3.05. The van der Waals surface area contributed by atoms with Gasteiger partial charge < -0.3 is 19.9 Å². The van der Waals surface area contributed by atoms with Gasteiger partial charge in [0.1, 0.15) is 0 Å². The van der Waals surface area contributed by atoms with Gasteiger partial charge in [0.25, 0.3) is 0 Å². The van der Waals surface area contributed by atoms with E-state index in [9.17, 15) is 4.79 Å². The van der Waals surface area contributed by atoms with Gasteiger partial charge in [-0.2, -0.15) is 11.8 Å². The molecule has 6 heteroatoms. The number of rotatable bonds is 13. The lowest BCUT2D eigenvalue weighted by atomic mass is 10.2. The number of unbranched alkanes of at least 4 members (excludes halogenated alkanes) is 1. The van der Waals surface area contributed by atoms with Crippen molar-refractivity contribution < 1.29 is 9.53 Å². The van der Waals surface area contributed by atoms with Crippen molar-refractivity contribution in [2.75, 3.05) is 71.0 Å². The minimum Gasteiger partial charge on any atom is -0.379 e. The third kappa shape index (κ3) is 11.0. The second kappa shape index (κ2) is 14.1. The maximum Gasteiger partial charge on any atom is 0.220 e. The number of thioether (sulfide) groups is 1. The molecule has 0 aromatic heterocycles. The summed E-state index contributed by atoms with van der Waals surface area (Å²) in [5.74, 6) is 1.17. The fourth-order valence-electron chi connectivity index (χ4n) is 2.77. The molecule has 0 spiro atoms. The first-order valence-corrected chi connectivity index (χ1v) is 10.4. The van der Waals surface area contributed by atoms with E-state index in [4.69, 9.17) is 4.74 Å². The van der Waals surface area contributed by atoms with Crippen molar-refractivity contribution in [3.8, 4) is 0 Å². The van der Waals surface area contributed by atoms with Gasteiger partial charge in [-0.25, -0.2) is 0 Å². The van der Waals surface area contributed by atoms with Gasteiger partial charge in [-0.3, -0.25) is 4.79 Å². The van der Waals surface area contributed by atoms with Crippen LogP contribution in [-0.4, -0.2) is 86.7 Å². The normalized spacial score (nSPS) is 16.6. The van der Waals surface area contributed by atoms with E-state index in [1.54, 1.807) is 11.8 Å². The maximum absolute atomic E-state index is 11.7. The molecule has 1 aliphatic heterocycles. The van der Waals surface area contributed by atoms with Crippen molar-refractivity contribution in [1.29, 1.82) is 0 Å². The van der Waals surface area contributed by atoms with E-state index < -0.39 is 0 Å². The van der Waals surface area contributed by atoms with Crippen molar-refractivity contribution >= 4 is 17.7 Å². The van der Waals surface area contributed by atoms with Gasteiger partial charge in [0.05, 0.1) is 13.2 Å². The Balaban J connectivity index is 1.89. The number of carbonyl (C=O) groups excluding carboxylic acids is 1. The Bertz CT molecular complexity index is 298. The molecule has 0 aromatic carbocycles. The molecule has 1 amide bonds. The van der Waals surface area contributed by atoms with E-state index in [-0.39, 0.29) is 5.91 Å². The van der Waals surface area contributed by atoms with Crippen LogP contribution >= 0.6 is 11.8 Å². The number of hydrogen-bond acceptors (Lipinski definition) is 5. The van der Waals surface area contributed by atoms with Crippen LogP contribution in [0.15, 0.2) is 0 Å². The summed E-state index contributed by atoms with van der Waals surface area (Å²) in [7, 11) is 0. The van der Waals surface area contributed by atoms with Crippen LogP contribution in [0, 0.1) is 0 Å². The number of carbonyl (C=O) groups is 1. The SMILES string of the molecule is CCCN1CCN(CCCCC(=O)NCCOCCSC)CC1. The molecule has 1 fully saturated rings. The smallest absolute Gasteiger partial charge is 0.220 e. The van der Waals surface area contributed by atoms with Gasteiger partial charge in [0.15, 0.2) is 0 Å². The molecule has 1 rings (SSSR count). The van der Waals surface area contributed by atoms with Gasteiger partial charge >= 0.3 is 0 Å². The van der Waals surface area contributed by atoms with E-state index >= 15 is 0 Å². The van der Waals surface area contributed by atoms with E-state index in [0.29, 0.717) is 19.6 Å². The summed E-state index contributed by atoms with van der Waals surface area (Å²) in [5.41, 5.74) is 0. The van der Waals surface area contributed by atoms with Gasteiger partial charge in [-0.15, -0.1) is 0 Å². The average Bonchev–Trinajstić information content (AvgIpc) is 2.56. The highest BCUT2D eigenvalue weighted by Gasteiger charge is 2.15. The molecular weight excluding hydrogens is 310 g/mol. The molecule has 0 bridgehead atoms. The van der Waals surface area contributed by atoms with Gasteiger partial charge in [0.2, 0.25) is 5.91 Å². The van der Waals surface area contributed by atoms with Crippen molar-refractivity contribution in [2.24, 2.45) is 0 Å². The zero-order valence-electron chi connectivity index (χ0n) is 15.0. The molecule has 0 aliphatic carbocycles. The number of piperazine rings is 1. The molecule has 1 N–H and O–H groups in total. The van der Waals surface area contributed by atoms with Crippen LogP contribution in [-0.2, 0) is 9.53 Å². The molecule has 0 aromatic rings. The van der Waals surface area contributed by atoms with Crippen LogP contribution in [0.1, 0.15) is 32.6 Å². The number of hydrogen-bond donors (Lipinski definition) is 1. The Morgan fingerprint density at radius 3 is 2.43 bits per heavy atom. The van der Waals surface area contributed by atoms with E-state index in [2.05, 4.69) is 28.3 Å². The Labute approximate surface area is 146 Å². The first kappa shape index (κ1) is 20.7.